The number of thiol groups is 2. The summed E-state index contributed by atoms with van der Waals surface area (Å²) in [6.45, 7) is -0.0751. The molecule has 0 aromatic rings. The molecule has 0 aliphatic carbocycles. The summed E-state index contributed by atoms with van der Waals surface area (Å²) in [5, 5.41) is 12.4. The maximum absolute atomic E-state index is 8.68. The highest BCUT2D eigenvalue weighted by Gasteiger charge is 2.30. The van der Waals surface area contributed by atoms with Crippen molar-refractivity contribution in [1.29, 1.82) is 0 Å². The van der Waals surface area contributed by atoms with Crippen LogP contribution in [0.5, 0.6) is 0 Å². The molecule has 52 valence electrons. The minimum Gasteiger partial charge on any atom is -0.392 e. The van der Waals surface area contributed by atoms with Gasteiger partial charge in [-0.1, -0.05) is 11.8 Å². The van der Waals surface area contributed by atoms with E-state index in [4.69, 9.17) is 5.11 Å². The van der Waals surface area contributed by atoms with Crippen molar-refractivity contribution in [2.24, 2.45) is 5.10 Å². The third kappa shape index (κ3) is 1.70. The molecular weight excluding hydrogens is 176 g/mol. The lowest BCUT2D eigenvalue weighted by molar-refractivity contribution is 0.272. The van der Waals surface area contributed by atoms with E-state index in [-0.39, 0.29) is 6.61 Å². The van der Waals surface area contributed by atoms with Gasteiger partial charge in [-0.05, 0) is 0 Å². The van der Waals surface area contributed by atoms with Crippen LogP contribution in [-0.4, -0.2) is 20.3 Å². The van der Waals surface area contributed by atoms with Gasteiger partial charge < -0.3 is 5.11 Å². The first-order chi connectivity index (χ1) is 4.16. The molecule has 0 amide bonds. The van der Waals surface area contributed by atoms with Gasteiger partial charge in [-0.2, -0.15) is 5.10 Å². The second-order valence-corrected chi connectivity index (χ2v) is 4.63. The zero-order valence-corrected chi connectivity index (χ0v) is 7.01. The van der Waals surface area contributed by atoms with Crippen LogP contribution in [0, 0.1) is 0 Å². The van der Waals surface area contributed by atoms with Crippen LogP contribution >= 0.6 is 37.0 Å². The molecule has 0 radical (unpaired) electrons. The second kappa shape index (κ2) is 2.61. The summed E-state index contributed by atoms with van der Waals surface area (Å²) >= 11 is 9.31. The topological polar surface area (TPSA) is 44.6 Å². The number of aliphatic hydroxyl groups excluding tert-OH is 1. The SMILES string of the molecule is OCC1(S)NN=C(S)S1. The first-order valence-corrected chi connectivity index (χ1v) is 3.93. The van der Waals surface area contributed by atoms with Crippen molar-refractivity contribution < 1.29 is 5.11 Å². The van der Waals surface area contributed by atoms with Gasteiger partial charge in [-0.25, -0.2) is 0 Å². The Morgan fingerprint density at radius 3 is 2.78 bits per heavy atom. The molecule has 1 unspecified atom stereocenters. The maximum atomic E-state index is 8.68. The molecule has 1 aliphatic rings. The summed E-state index contributed by atoms with van der Waals surface area (Å²) in [6, 6.07) is 0. The number of rotatable bonds is 1. The predicted octanol–water partition coefficient (Wildman–Crippen LogP) is 0.0995. The van der Waals surface area contributed by atoms with E-state index in [0.717, 1.165) is 0 Å². The molecule has 0 spiro atoms. The molecule has 1 heterocycles. The van der Waals surface area contributed by atoms with Crippen LogP contribution in [0.15, 0.2) is 5.10 Å². The third-order valence-electron chi connectivity index (χ3n) is 0.801. The number of aliphatic hydroxyl groups is 1. The molecule has 0 aromatic carbocycles. The number of thioether (sulfide) groups is 1. The van der Waals surface area contributed by atoms with Crippen molar-refractivity contribution >= 4 is 41.4 Å². The second-order valence-electron chi connectivity index (χ2n) is 1.55. The Morgan fingerprint density at radius 1 is 1.89 bits per heavy atom. The zero-order valence-electron chi connectivity index (χ0n) is 4.40. The Labute approximate surface area is 68.1 Å². The van der Waals surface area contributed by atoms with Crippen LogP contribution in [0.4, 0.5) is 0 Å². The molecule has 1 atom stereocenters. The molecule has 0 saturated carbocycles. The fraction of sp³-hybridized carbons (Fsp3) is 0.667. The van der Waals surface area contributed by atoms with Gasteiger partial charge in [0.1, 0.15) is 4.38 Å². The molecule has 0 saturated heterocycles. The summed E-state index contributed by atoms with van der Waals surface area (Å²) in [7, 11) is 0. The largest absolute Gasteiger partial charge is 0.392 e. The molecule has 9 heavy (non-hydrogen) atoms. The molecule has 0 aromatic heterocycles. The summed E-state index contributed by atoms with van der Waals surface area (Å²) in [5.74, 6) is 0. The molecule has 0 fully saturated rings. The van der Waals surface area contributed by atoms with E-state index >= 15 is 0 Å². The molecule has 3 nitrogen and oxygen atoms in total. The Morgan fingerprint density at radius 2 is 2.56 bits per heavy atom. The molecular formula is C3H6N2OS3. The van der Waals surface area contributed by atoms with Gasteiger partial charge in [0, 0.05) is 0 Å². The molecule has 6 heteroatoms. The summed E-state index contributed by atoms with van der Waals surface area (Å²) in [4.78, 5) is 0. The fourth-order valence-electron chi connectivity index (χ4n) is 0.399. The average molecular weight is 182 g/mol. The average Bonchev–Trinajstić information content (AvgIpc) is 2.13. The highest BCUT2D eigenvalue weighted by Crippen LogP contribution is 2.32. The van der Waals surface area contributed by atoms with Crippen molar-refractivity contribution in [3.8, 4) is 0 Å². The van der Waals surface area contributed by atoms with Gasteiger partial charge in [-0.3, -0.25) is 5.43 Å². The number of hydrogen-bond donors (Lipinski definition) is 4. The third-order valence-corrected chi connectivity index (χ3v) is 2.52. The van der Waals surface area contributed by atoms with Crippen LogP contribution < -0.4 is 5.43 Å². The predicted molar refractivity (Wildman–Crippen MR) is 46.0 cm³/mol. The van der Waals surface area contributed by atoms with E-state index in [2.05, 4.69) is 35.8 Å². The van der Waals surface area contributed by atoms with E-state index in [0.29, 0.717) is 4.38 Å². The van der Waals surface area contributed by atoms with Gasteiger partial charge in [0.05, 0.1) is 6.61 Å². The van der Waals surface area contributed by atoms with Gasteiger partial charge in [-0.15, -0.1) is 25.3 Å². The van der Waals surface area contributed by atoms with Gasteiger partial charge in [0.15, 0.2) is 4.20 Å². The lowest BCUT2D eigenvalue weighted by Gasteiger charge is -2.16. The van der Waals surface area contributed by atoms with Crippen LogP contribution in [0.3, 0.4) is 0 Å². The van der Waals surface area contributed by atoms with E-state index in [1.54, 1.807) is 0 Å². The number of nitrogens with one attached hydrogen (secondary N) is 1. The first kappa shape index (κ1) is 7.59. The monoisotopic (exact) mass is 182 g/mol. The molecule has 2 N–H and O–H groups in total. The number of nitrogens with zero attached hydrogens (tertiary/aromatic N) is 1. The van der Waals surface area contributed by atoms with E-state index in [1.807, 2.05) is 0 Å². The highest BCUT2D eigenvalue weighted by atomic mass is 32.2. The number of hydrogen-bond acceptors (Lipinski definition) is 5. The minimum absolute atomic E-state index is 0.0751. The van der Waals surface area contributed by atoms with Crippen molar-refractivity contribution in [1.82, 2.24) is 5.43 Å². The highest BCUT2D eigenvalue weighted by molar-refractivity contribution is 8.36. The summed E-state index contributed by atoms with van der Waals surface area (Å²) in [5.41, 5.74) is 2.62. The van der Waals surface area contributed by atoms with Crippen LogP contribution in [-0.2, 0) is 0 Å². The van der Waals surface area contributed by atoms with Crippen molar-refractivity contribution in [2.45, 2.75) is 4.20 Å². The Hall–Kier alpha value is 0.480. The smallest absolute Gasteiger partial charge is 0.172 e. The maximum Gasteiger partial charge on any atom is 0.172 e. The summed E-state index contributed by atoms with van der Waals surface area (Å²) < 4.78 is -0.0593. The molecule has 0 bridgehead atoms. The molecule has 1 aliphatic heterocycles. The van der Waals surface area contributed by atoms with Crippen molar-refractivity contribution in [2.75, 3.05) is 6.61 Å². The van der Waals surface area contributed by atoms with E-state index in [9.17, 15) is 0 Å². The lowest BCUT2D eigenvalue weighted by atomic mass is 10.7. The van der Waals surface area contributed by atoms with Crippen molar-refractivity contribution in [3.63, 3.8) is 0 Å². The lowest BCUT2D eigenvalue weighted by Crippen LogP contribution is -2.32. The zero-order chi connectivity index (χ0) is 6.91. The van der Waals surface area contributed by atoms with Gasteiger partial charge in [0.2, 0.25) is 0 Å². The van der Waals surface area contributed by atoms with Crippen LogP contribution in [0.25, 0.3) is 0 Å². The normalized spacial score (nSPS) is 33.9. The first-order valence-electron chi connectivity index (χ1n) is 2.22. The Kier molecular flexibility index (Phi) is 2.20. The minimum atomic E-state index is -0.656. The Bertz CT molecular complexity index is 150. The van der Waals surface area contributed by atoms with Crippen molar-refractivity contribution in [3.05, 3.63) is 0 Å². The fourth-order valence-corrected chi connectivity index (χ4v) is 1.99. The molecule has 1 rings (SSSR count). The van der Waals surface area contributed by atoms with E-state index in [1.165, 1.54) is 11.8 Å². The van der Waals surface area contributed by atoms with Gasteiger partial charge >= 0.3 is 0 Å². The Balaban J connectivity index is 2.53. The van der Waals surface area contributed by atoms with Crippen LogP contribution in [0.1, 0.15) is 0 Å². The number of hydrazone groups is 1. The summed E-state index contributed by atoms with van der Waals surface area (Å²) in [6.07, 6.45) is 0. The van der Waals surface area contributed by atoms with Gasteiger partial charge in [0.25, 0.3) is 0 Å². The standard InChI is InChI=1S/C3H6N2OS3/c6-1-3(8)5-4-2(7)9-3/h5-6,8H,1H2,(H,4,7). The van der Waals surface area contributed by atoms with Crippen LogP contribution in [0.2, 0.25) is 0 Å². The van der Waals surface area contributed by atoms with E-state index < -0.39 is 4.20 Å². The quantitative estimate of drug-likeness (QED) is 0.435.